The van der Waals surface area contributed by atoms with E-state index in [1.807, 2.05) is 31.2 Å². The summed E-state index contributed by atoms with van der Waals surface area (Å²) in [5.41, 5.74) is 1.06. The van der Waals surface area contributed by atoms with Gasteiger partial charge in [0.1, 0.15) is 12.4 Å². The zero-order chi connectivity index (χ0) is 16.9. The predicted octanol–water partition coefficient (Wildman–Crippen LogP) is 4.38. The van der Waals surface area contributed by atoms with E-state index in [9.17, 15) is 4.79 Å². The molecular weight excluding hydrogens is 366 g/mol. The molecular formula is C16H14ClN3O2S2. The number of H-pyrrole nitrogens is 1. The molecule has 0 radical (unpaired) electrons. The highest BCUT2D eigenvalue weighted by Gasteiger charge is 2.12. The molecule has 8 heteroatoms. The smallest absolute Gasteiger partial charge is 0.208 e. The second kappa shape index (κ2) is 7.83. The highest BCUT2D eigenvalue weighted by Crippen LogP contribution is 2.24. The second-order valence-corrected chi connectivity index (χ2v) is 7.59. The molecule has 0 bridgehead atoms. The van der Waals surface area contributed by atoms with Crippen LogP contribution in [0.5, 0.6) is 5.75 Å². The molecule has 0 aliphatic carbocycles. The van der Waals surface area contributed by atoms with Crippen LogP contribution >= 0.6 is 34.7 Å². The van der Waals surface area contributed by atoms with Gasteiger partial charge >= 0.3 is 0 Å². The number of thioether (sulfide) groups is 1. The van der Waals surface area contributed by atoms with Gasteiger partial charge in [0.05, 0.1) is 15.0 Å². The molecule has 2 heterocycles. The van der Waals surface area contributed by atoms with E-state index in [1.54, 1.807) is 12.1 Å². The lowest BCUT2D eigenvalue weighted by atomic mass is 10.2. The number of carbonyl (C=O) groups excluding carboxylic acids is 1. The zero-order valence-electron chi connectivity index (χ0n) is 12.8. The van der Waals surface area contributed by atoms with E-state index in [2.05, 4.69) is 15.2 Å². The maximum Gasteiger partial charge on any atom is 0.208 e. The molecule has 0 saturated heterocycles. The minimum atomic E-state index is 0.0133. The molecule has 124 valence electrons. The standard InChI is InChI=1S/C16H14ClN3O2S2/c1-10-4-2-3-5-12(10)22-8-15-18-16(20-19-15)23-9-11(21)13-6-7-14(17)24-13/h2-7H,8-9H2,1H3,(H,18,19,20). The van der Waals surface area contributed by atoms with Crippen molar-refractivity contribution >= 4 is 40.5 Å². The highest BCUT2D eigenvalue weighted by molar-refractivity contribution is 7.99. The van der Waals surface area contributed by atoms with Crippen LogP contribution in [0.25, 0.3) is 0 Å². The van der Waals surface area contributed by atoms with Gasteiger partial charge in [0.15, 0.2) is 11.6 Å². The lowest BCUT2D eigenvalue weighted by molar-refractivity contribution is 0.102. The molecule has 3 rings (SSSR count). The number of ether oxygens (including phenoxy) is 1. The normalized spacial score (nSPS) is 10.8. The Kier molecular flexibility index (Phi) is 5.55. The topological polar surface area (TPSA) is 67.9 Å². The molecule has 2 aromatic heterocycles. The van der Waals surface area contributed by atoms with Crippen LogP contribution < -0.4 is 4.74 Å². The molecule has 1 aromatic carbocycles. The number of thiophene rings is 1. The Morgan fingerprint density at radius 3 is 2.92 bits per heavy atom. The monoisotopic (exact) mass is 379 g/mol. The molecule has 0 spiro atoms. The molecule has 24 heavy (non-hydrogen) atoms. The first-order chi connectivity index (χ1) is 11.6. The summed E-state index contributed by atoms with van der Waals surface area (Å²) in [7, 11) is 0. The number of Topliss-reactive ketones (excluding diaryl/α,β-unsaturated/α-hetero) is 1. The number of rotatable bonds is 7. The number of nitrogens with zero attached hydrogens (tertiary/aromatic N) is 2. The van der Waals surface area contributed by atoms with Crippen molar-refractivity contribution in [3.8, 4) is 5.75 Å². The number of aromatic amines is 1. The SMILES string of the molecule is Cc1ccccc1OCc1nc(SCC(=O)c2ccc(Cl)s2)n[nH]1. The van der Waals surface area contributed by atoms with Crippen LogP contribution in [-0.2, 0) is 6.61 Å². The van der Waals surface area contributed by atoms with Crippen LogP contribution in [0.1, 0.15) is 21.1 Å². The summed E-state index contributed by atoms with van der Waals surface area (Å²) < 4.78 is 6.32. The van der Waals surface area contributed by atoms with Crippen molar-refractivity contribution in [1.29, 1.82) is 0 Å². The number of carbonyl (C=O) groups is 1. The van der Waals surface area contributed by atoms with Gasteiger partial charge in [-0.3, -0.25) is 9.89 Å². The van der Waals surface area contributed by atoms with Crippen LogP contribution in [0.3, 0.4) is 0 Å². The van der Waals surface area contributed by atoms with Gasteiger partial charge in [-0.05, 0) is 30.7 Å². The van der Waals surface area contributed by atoms with Gasteiger partial charge in [-0.1, -0.05) is 41.6 Å². The lowest BCUT2D eigenvalue weighted by Crippen LogP contribution is -2.00. The largest absolute Gasteiger partial charge is 0.485 e. The summed E-state index contributed by atoms with van der Waals surface area (Å²) in [6.07, 6.45) is 0. The van der Waals surface area contributed by atoms with Crippen molar-refractivity contribution in [3.05, 3.63) is 57.0 Å². The van der Waals surface area contributed by atoms with Crippen molar-refractivity contribution in [2.24, 2.45) is 0 Å². The summed E-state index contributed by atoms with van der Waals surface area (Å²) >= 11 is 8.40. The van der Waals surface area contributed by atoms with Gasteiger partial charge in [-0.25, -0.2) is 4.98 Å². The average molecular weight is 380 g/mol. The fourth-order valence-electron chi connectivity index (χ4n) is 1.94. The molecule has 1 N–H and O–H groups in total. The fraction of sp³-hybridized carbons (Fsp3) is 0.188. The van der Waals surface area contributed by atoms with Gasteiger partial charge in [0.25, 0.3) is 0 Å². The number of hydrogen-bond donors (Lipinski definition) is 1. The Labute approximate surface area is 152 Å². The predicted molar refractivity (Wildman–Crippen MR) is 96.3 cm³/mol. The molecule has 0 amide bonds. The van der Waals surface area contributed by atoms with Crippen molar-refractivity contribution in [2.75, 3.05) is 5.75 Å². The first kappa shape index (κ1) is 17.0. The van der Waals surface area contributed by atoms with Crippen molar-refractivity contribution in [2.45, 2.75) is 18.7 Å². The van der Waals surface area contributed by atoms with E-state index in [1.165, 1.54) is 23.1 Å². The highest BCUT2D eigenvalue weighted by atomic mass is 35.5. The molecule has 0 aliphatic rings. The Morgan fingerprint density at radius 2 is 2.17 bits per heavy atom. The van der Waals surface area contributed by atoms with Crippen LogP contribution in [0.4, 0.5) is 0 Å². The van der Waals surface area contributed by atoms with Crippen LogP contribution in [0.15, 0.2) is 41.6 Å². The van der Waals surface area contributed by atoms with Gasteiger partial charge in [0, 0.05) is 0 Å². The summed E-state index contributed by atoms with van der Waals surface area (Å²) in [4.78, 5) is 17.0. The number of aryl methyl sites for hydroxylation is 1. The summed E-state index contributed by atoms with van der Waals surface area (Å²) in [5.74, 6) is 1.71. The Bertz CT molecular complexity index is 847. The lowest BCUT2D eigenvalue weighted by Gasteiger charge is -2.06. The van der Waals surface area contributed by atoms with Crippen LogP contribution in [0.2, 0.25) is 4.34 Å². The molecule has 3 aromatic rings. The van der Waals surface area contributed by atoms with E-state index in [-0.39, 0.29) is 11.5 Å². The number of aromatic nitrogens is 3. The van der Waals surface area contributed by atoms with E-state index >= 15 is 0 Å². The Balaban J connectivity index is 1.52. The summed E-state index contributed by atoms with van der Waals surface area (Å²) in [6, 6.07) is 11.2. The molecule has 0 aliphatic heterocycles. The quantitative estimate of drug-likeness (QED) is 0.487. The molecule has 0 saturated carbocycles. The average Bonchev–Trinajstić information content (AvgIpc) is 3.21. The molecule has 0 fully saturated rings. The third-order valence-electron chi connectivity index (χ3n) is 3.15. The summed E-state index contributed by atoms with van der Waals surface area (Å²) in [6.45, 7) is 2.28. The maximum absolute atomic E-state index is 12.0. The van der Waals surface area contributed by atoms with Gasteiger partial charge < -0.3 is 4.74 Å². The fourth-order valence-corrected chi connectivity index (χ4v) is 3.71. The molecule has 0 unspecified atom stereocenters. The van der Waals surface area contributed by atoms with E-state index in [0.29, 0.717) is 26.8 Å². The number of nitrogens with one attached hydrogen (secondary N) is 1. The van der Waals surface area contributed by atoms with Crippen molar-refractivity contribution < 1.29 is 9.53 Å². The van der Waals surface area contributed by atoms with Gasteiger partial charge in [0.2, 0.25) is 5.16 Å². The second-order valence-electron chi connectivity index (χ2n) is 4.93. The molecule has 0 atom stereocenters. The maximum atomic E-state index is 12.0. The Hall–Kier alpha value is -1.83. The number of halogens is 1. The van der Waals surface area contributed by atoms with Crippen molar-refractivity contribution in [1.82, 2.24) is 15.2 Å². The van der Waals surface area contributed by atoms with Crippen LogP contribution in [0, 0.1) is 6.92 Å². The number of benzene rings is 1. The van der Waals surface area contributed by atoms with E-state index in [4.69, 9.17) is 16.3 Å². The minimum Gasteiger partial charge on any atom is -0.485 e. The van der Waals surface area contributed by atoms with Gasteiger partial charge in [-0.15, -0.1) is 16.4 Å². The number of ketones is 1. The van der Waals surface area contributed by atoms with Crippen molar-refractivity contribution in [3.63, 3.8) is 0 Å². The molecule has 5 nitrogen and oxygen atoms in total. The summed E-state index contributed by atoms with van der Waals surface area (Å²) in [5, 5.41) is 7.44. The van der Waals surface area contributed by atoms with E-state index < -0.39 is 0 Å². The van der Waals surface area contributed by atoms with E-state index in [0.717, 1.165) is 11.3 Å². The third-order valence-corrected chi connectivity index (χ3v) is 5.27. The minimum absolute atomic E-state index is 0.0133. The Morgan fingerprint density at radius 1 is 1.33 bits per heavy atom. The zero-order valence-corrected chi connectivity index (χ0v) is 15.2. The van der Waals surface area contributed by atoms with Gasteiger partial charge in [-0.2, -0.15) is 0 Å². The number of hydrogen-bond acceptors (Lipinski definition) is 6. The third kappa shape index (κ3) is 4.37. The van der Waals surface area contributed by atoms with Crippen LogP contribution in [-0.4, -0.2) is 26.7 Å². The first-order valence-electron chi connectivity index (χ1n) is 7.13. The number of para-hydroxylation sites is 1. The first-order valence-corrected chi connectivity index (χ1v) is 9.31.